The summed E-state index contributed by atoms with van der Waals surface area (Å²) in [6.45, 7) is 1.64. The molecule has 0 spiro atoms. The summed E-state index contributed by atoms with van der Waals surface area (Å²) in [7, 11) is 0. The molecule has 1 fully saturated rings. The summed E-state index contributed by atoms with van der Waals surface area (Å²) in [6.07, 6.45) is 0.952. The summed E-state index contributed by atoms with van der Waals surface area (Å²) in [6, 6.07) is 5.59. The summed E-state index contributed by atoms with van der Waals surface area (Å²) in [4.78, 5) is 11.1. The van der Waals surface area contributed by atoms with Crippen molar-refractivity contribution in [3.8, 4) is 0 Å². The third kappa shape index (κ3) is 1.79. The van der Waals surface area contributed by atoms with Crippen LogP contribution in [0.15, 0.2) is 18.2 Å². The van der Waals surface area contributed by atoms with Gasteiger partial charge >= 0.3 is 0 Å². The quantitative estimate of drug-likeness (QED) is 0.755. The first-order valence-electron chi connectivity index (χ1n) is 4.55. The molecule has 0 radical (unpaired) electrons. The molecule has 0 aliphatic heterocycles. The van der Waals surface area contributed by atoms with Crippen molar-refractivity contribution in [1.82, 2.24) is 0 Å². The second kappa shape index (κ2) is 3.56. The van der Waals surface area contributed by atoms with Gasteiger partial charge in [-0.1, -0.05) is 29.3 Å². The maximum atomic E-state index is 11.1. The molecule has 1 aliphatic carbocycles. The molecule has 1 saturated carbocycles. The minimum Gasteiger partial charge on any atom is -0.300 e. The Kier molecular flexibility index (Phi) is 2.54. The van der Waals surface area contributed by atoms with E-state index >= 15 is 0 Å². The van der Waals surface area contributed by atoms with Crippen LogP contribution < -0.4 is 0 Å². The van der Waals surface area contributed by atoms with Gasteiger partial charge in [-0.2, -0.15) is 0 Å². The molecular weight excluding hydrogens is 219 g/mol. The molecule has 0 heterocycles. The Bertz CT molecular complexity index is 387. The zero-order valence-corrected chi connectivity index (χ0v) is 9.27. The fourth-order valence-electron chi connectivity index (χ4n) is 1.76. The lowest BCUT2D eigenvalue weighted by atomic mass is 10.1. The van der Waals surface area contributed by atoms with Crippen LogP contribution in [0.3, 0.4) is 0 Å². The minimum atomic E-state index is 0.201. The van der Waals surface area contributed by atoms with Crippen molar-refractivity contribution >= 4 is 29.0 Å². The maximum Gasteiger partial charge on any atom is 0.133 e. The van der Waals surface area contributed by atoms with E-state index in [4.69, 9.17) is 23.2 Å². The Morgan fingerprint density at radius 2 is 2.07 bits per heavy atom. The van der Waals surface area contributed by atoms with Gasteiger partial charge in [0.15, 0.2) is 0 Å². The third-order valence-electron chi connectivity index (χ3n) is 2.68. The normalized spacial score (nSPS) is 24.8. The molecular formula is C11H10Cl2O. The van der Waals surface area contributed by atoms with E-state index in [1.165, 1.54) is 0 Å². The summed E-state index contributed by atoms with van der Waals surface area (Å²) in [5, 5.41) is 1.13. The monoisotopic (exact) mass is 228 g/mol. The van der Waals surface area contributed by atoms with Crippen LogP contribution in [0.2, 0.25) is 10.0 Å². The van der Waals surface area contributed by atoms with E-state index in [1.54, 1.807) is 13.0 Å². The first-order chi connectivity index (χ1) is 6.59. The number of hydrogen-bond acceptors (Lipinski definition) is 1. The highest BCUT2D eigenvalue weighted by Crippen LogP contribution is 2.48. The average molecular weight is 229 g/mol. The molecule has 1 nitrogen and oxygen atoms in total. The van der Waals surface area contributed by atoms with Gasteiger partial charge < -0.3 is 0 Å². The van der Waals surface area contributed by atoms with E-state index in [0.29, 0.717) is 16.0 Å². The Morgan fingerprint density at radius 1 is 1.36 bits per heavy atom. The van der Waals surface area contributed by atoms with Gasteiger partial charge in [0.25, 0.3) is 0 Å². The lowest BCUT2D eigenvalue weighted by Crippen LogP contribution is -1.94. The fraction of sp³-hybridized carbons (Fsp3) is 0.364. The van der Waals surface area contributed by atoms with Crippen LogP contribution >= 0.6 is 23.2 Å². The standard InChI is InChI=1S/C11H10Cl2O/c1-6(14)8-5-9(8)7-2-3-10(12)11(13)4-7/h2-4,8-9H,5H2,1H3/t8-,9-/m1/s1. The number of carbonyl (C=O) groups is 1. The molecule has 1 aromatic carbocycles. The van der Waals surface area contributed by atoms with Crippen molar-refractivity contribution in [2.45, 2.75) is 19.3 Å². The Morgan fingerprint density at radius 3 is 2.57 bits per heavy atom. The smallest absolute Gasteiger partial charge is 0.133 e. The summed E-state index contributed by atoms with van der Waals surface area (Å²) >= 11 is 11.7. The number of Topliss-reactive ketones (excluding diaryl/α,β-unsaturated/α-hetero) is 1. The molecule has 14 heavy (non-hydrogen) atoms. The summed E-state index contributed by atoms with van der Waals surface area (Å²) in [5.41, 5.74) is 1.12. The van der Waals surface area contributed by atoms with Crippen LogP contribution in [0.1, 0.15) is 24.8 Å². The number of benzene rings is 1. The van der Waals surface area contributed by atoms with Crippen molar-refractivity contribution in [1.29, 1.82) is 0 Å². The van der Waals surface area contributed by atoms with Crippen molar-refractivity contribution in [3.05, 3.63) is 33.8 Å². The number of halogens is 2. The highest BCUT2D eigenvalue weighted by molar-refractivity contribution is 6.42. The first-order valence-corrected chi connectivity index (χ1v) is 5.30. The van der Waals surface area contributed by atoms with Gasteiger partial charge in [0.2, 0.25) is 0 Å². The summed E-state index contributed by atoms with van der Waals surface area (Å²) in [5.74, 6) is 0.829. The second-order valence-corrected chi connectivity index (χ2v) is 4.55. The zero-order chi connectivity index (χ0) is 10.3. The molecule has 0 saturated heterocycles. The van der Waals surface area contributed by atoms with Crippen LogP contribution in [0, 0.1) is 5.92 Å². The number of carbonyl (C=O) groups excluding carboxylic acids is 1. The fourth-order valence-corrected chi connectivity index (χ4v) is 2.06. The Labute approximate surface area is 93.0 Å². The van der Waals surface area contributed by atoms with Crippen LogP contribution in [-0.4, -0.2) is 5.78 Å². The van der Waals surface area contributed by atoms with Gasteiger partial charge in [0.1, 0.15) is 5.78 Å². The number of ketones is 1. The maximum absolute atomic E-state index is 11.1. The molecule has 1 aliphatic rings. The van der Waals surface area contributed by atoms with Crippen molar-refractivity contribution in [2.24, 2.45) is 5.92 Å². The van der Waals surface area contributed by atoms with Gasteiger partial charge in [-0.05, 0) is 37.0 Å². The van der Waals surface area contributed by atoms with E-state index in [2.05, 4.69) is 0 Å². The lowest BCUT2D eigenvalue weighted by molar-refractivity contribution is -0.118. The molecule has 2 rings (SSSR count). The Hall–Kier alpha value is -0.530. The topological polar surface area (TPSA) is 17.1 Å². The highest BCUT2D eigenvalue weighted by atomic mass is 35.5. The summed E-state index contributed by atoms with van der Waals surface area (Å²) < 4.78 is 0. The van der Waals surface area contributed by atoms with Gasteiger partial charge in [-0.25, -0.2) is 0 Å². The predicted octanol–water partition coefficient (Wildman–Crippen LogP) is 3.69. The largest absolute Gasteiger partial charge is 0.300 e. The lowest BCUT2D eigenvalue weighted by Gasteiger charge is -2.01. The highest BCUT2D eigenvalue weighted by Gasteiger charge is 2.41. The molecule has 74 valence electrons. The molecule has 0 bridgehead atoms. The number of hydrogen-bond donors (Lipinski definition) is 0. The third-order valence-corrected chi connectivity index (χ3v) is 3.42. The molecule has 3 heteroatoms. The molecule has 0 N–H and O–H groups in total. The molecule has 0 amide bonds. The average Bonchev–Trinajstić information content (AvgIpc) is 2.89. The predicted molar refractivity (Wildman–Crippen MR) is 58.0 cm³/mol. The number of rotatable bonds is 2. The van der Waals surface area contributed by atoms with Gasteiger partial charge in [0.05, 0.1) is 10.0 Å². The van der Waals surface area contributed by atoms with Crippen molar-refractivity contribution in [2.75, 3.05) is 0 Å². The molecule has 1 aromatic rings. The SMILES string of the molecule is CC(=O)[C@H]1C[C@@H]1c1ccc(Cl)c(Cl)c1. The van der Waals surface area contributed by atoms with Crippen LogP contribution in [0.25, 0.3) is 0 Å². The van der Waals surface area contributed by atoms with Crippen molar-refractivity contribution in [3.63, 3.8) is 0 Å². The van der Waals surface area contributed by atoms with Gasteiger partial charge in [-0.3, -0.25) is 4.79 Å². The van der Waals surface area contributed by atoms with Crippen LogP contribution in [0.4, 0.5) is 0 Å². The van der Waals surface area contributed by atoms with Crippen LogP contribution in [0.5, 0.6) is 0 Å². The van der Waals surface area contributed by atoms with Crippen molar-refractivity contribution < 1.29 is 4.79 Å². The van der Waals surface area contributed by atoms with Gasteiger partial charge in [-0.15, -0.1) is 0 Å². The van der Waals surface area contributed by atoms with E-state index in [9.17, 15) is 4.79 Å². The van der Waals surface area contributed by atoms with E-state index < -0.39 is 0 Å². The molecule has 2 atom stereocenters. The van der Waals surface area contributed by atoms with Gasteiger partial charge in [0, 0.05) is 5.92 Å². The Balaban J connectivity index is 2.20. The molecule has 0 aromatic heterocycles. The van der Waals surface area contributed by atoms with E-state index in [1.807, 2.05) is 12.1 Å². The minimum absolute atomic E-state index is 0.201. The van der Waals surface area contributed by atoms with E-state index in [0.717, 1.165) is 12.0 Å². The van der Waals surface area contributed by atoms with E-state index in [-0.39, 0.29) is 11.7 Å². The zero-order valence-electron chi connectivity index (χ0n) is 7.76. The van der Waals surface area contributed by atoms with Crippen LogP contribution in [-0.2, 0) is 4.79 Å². The molecule has 0 unspecified atom stereocenters. The first kappa shape index (κ1) is 10.0. The second-order valence-electron chi connectivity index (χ2n) is 3.73.